The molecule has 0 fully saturated rings. The van der Waals surface area contributed by atoms with E-state index in [4.69, 9.17) is 28.9 Å². The van der Waals surface area contributed by atoms with Crippen LogP contribution in [-0.2, 0) is 0 Å². The van der Waals surface area contributed by atoms with E-state index >= 15 is 0 Å². The summed E-state index contributed by atoms with van der Waals surface area (Å²) in [6.45, 7) is 2.02. The Morgan fingerprint density at radius 1 is 1.24 bits per heavy atom. The Kier molecular flexibility index (Phi) is 5.10. The van der Waals surface area contributed by atoms with Gasteiger partial charge in [-0.3, -0.25) is 4.79 Å². The van der Waals surface area contributed by atoms with Crippen molar-refractivity contribution in [1.82, 2.24) is 5.32 Å². The zero-order valence-corrected chi connectivity index (χ0v) is 13.1. The van der Waals surface area contributed by atoms with E-state index in [2.05, 4.69) is 5.32 Å². The lowest BCUT2D eigenvalue weighted by Crippen LogP contribution is -2.28. The maximum absolute atomic E-state index is 12.3. The summed E-state index contributed by atoms with van der Waals surface area (Å²) in [6, 6.07) is 12.8. The molecule has 0 aliphatic heterocycles. The Morgan fingerprint density at radius 2 is 1.90 bits per heavy atom. The van der Waals surface area contributed by atoms with Gasteiger partial charge in [0.25, 0.3) is 5.91 Å². The number of carbonyl (C=O) groups excluding carboxylic acids is 1. The van der Waals surface area contributed by atoms with E-state index in [0.717, 1.165) is 12.0 Å². The minimum Gasteiger partial charge on any atom is -0.397 e. The zero-order valence-electron chi connectivity index (χ0n) is 11.6. The van der Waals surface area contributed by atoms with Crippen LogP contribution in [0.15, 0.2) is 42.5 Å². The van der Waals surface area contributed by atoms with Crippen molar-refractivity contribution in [3.8, 4) is 0 Å². The van der Waals surface area contributed by atoms with E-state index < -0.39 is 0 Å². The number of hydrogen-bond donors (Lipinski definition) is 2. The molecule has 0 bridgehead atoms. The zero-order chi connectivity index (χ0) is 15.4. The van der Waals surface area contributed by atoms with Gasteiger partial charge in [0.05, 0.1) is 21.8 Å². The first-order valence-electron chi connectivity index (χ1n) is 6.63. The highest BCUT2D eigenvalue weighted by atomic mass is 35.5. The first kappa shape index (κ1) is 15.7. The van der Waals surface area contributed by atoms with Crippen LogP contribution in [0.2, 0.25) is 10.0 Å². The second kappa shape index (κ2) is 6.83. The molecular weight excluding hydrogens is 307 g/mol. The predicted molar refractivity (Wildman–Crippen MR) is 87.8 cm³/mol. The topological polar surface area (TPSA) is 55.1 Å². The molecule has 3 nitrogen and oxygen atoms in total. The lowest BCUT2D eigenvalue weighted by Gasteiger charge is -2.18. The van der Waals surface area contributed by atoms with Crippen molar-refractivity contribution >= 4 is 34.8 Å². The molecule has 1 unspecified atom stereocenters. The fraction of sp³-hybridized carbons (Fsp3) is 0.188. The lowest BCUT2D eigenvalue weighted by atomic mass is 10.0. The van der Waals surface area contributed by atoms with Crippen LogP contribution >= 0.6 is 23.2 Å². The number of rotatable bonds is 4. The molecule has 2 aromatic carbocycles. The summed E-state index contributed by atoms with van der Waals surface area (Å²) >= 11 is 11.9. The number of nitrogens with one attached hydrogen (secondary N) is 1. The maximum atomic E-state index is 12.3. The summed E-state index contributed by atoms with van der Waals surface area (Å²) in [7, 11) is 0. The molecule has 0 heterocycles. The fourth-order valence-corrected chi connectivity index (χ4v) is 2.43. The van der Waals surface area contributed by atoms with Crippen molar-refractivity contribution in [2.45, 2.75) is 19.4 Å². The molecule has 0 aromatic heterocycles. The molecular formula is C16H16Cl2N2O. The Morgan fingerprint density at radius 3 is 2.48 bits per heavy atom. The number of nitrogens with two attached hydrogens (primary N) is 1. The van der Waals surface area contributed by atoms with Gasteiger partial charge in [0.2, 0.25) is 0 Å². The van der Waals surface area contributed by atoms with Crippen molar-refractivity contribution in [3.63, 3.8) is 0 Å². The van der Waals surface area contributed by atoms with Crippen LogP contribution in [0, 0.1) is 0 Å². The van der Waals surface area contributed by atoms with Gasteiger partial charge in [-0.15, -0.1) is 0 Å². The molecule has 21 heavy (non-hydrogen) atoms. The van der Waals surface area contributed by atoms with Crippen LogP contribution in [0.5, 0.6) is 0 Å². The van der Waals surface area contributed by atoms with Gasteiger partial charge in [-0.1, -0.05) is 60.5 Å². The minimum atomic E-state index is -0.226. The van der Waals surface area contributed by atoms with Crippen LogP contribution in [0.1, 0.15) is 35.3 Å². The van der Waals surface area contributed by atoms with Gasteiger partial charge in [-0.25, -0.2) is 0 Å². The quantitative estimate of drug-likeness (QED) is 0.816. The van der Waals surface area contributed by atoms with E-state index in [0.29, 0.717) is 11.3 Å². The van der Waals surface area contributed by atoms with Gasteiger partial charge in [0.15, 0.2) is 0 Å². The van der Waals surface area contributed by atoms with Crippen LogP contribution in [0.3, 0.4) is 0 Å². The summed E-state index contributed by atoms with van der Waals surface area (Å²) in [5.41, 5.74) is 7.49. The van der Waals surface area contributed by atoms with Crippen molar-refractivity contribution in [2.75, 3.05) is 5.73 Å². The summed E-state index contributed by atoms with van der Waals surface area (Å²) in [5.74, 6) is -0.226. The number of benzene rings is 2. The second-order valence-corrected chi connectivity index (χ2v) is 5.49. The van der Waals surface area contributed by atoms with Gasteiger partial charge in [0.1, 0.15) is 0 Å². The molecule has 1 amide bonds. The average Bonchev–Trinajstić information content (AvgIpc) is 2.50. The predicted octanol–water partition coefficient (Wildman–Crippen LogP) is 4.46. The third-order valence-corrected chi connectivity index (χ3v) is 4.05. The number of nitrogen functional groups attached to an aromatic ring is 1. The number of amides is 1. The number of hydrogen-bond acceptors (Lipinski definition) is 2. The molecule has 0 spiro atoms. The average molecular weight is 323 g/mol. The Bertz CT molecular complexity index is 621. The summed E-state index contributed by atoms with van der Waals surface area (Å²) in [5, 5.41) is 3.52. The van der Waals surface area contributed by atoms with Crippen molar-refractivity contribution < 1.29 is 4.79 Å². The van der Waals surface area contributed by atoms with Crippen molar-refractivity contribution in [2.24, 2.45) is 0 Å². The third kappa shape index (κ3) is 3.69. The minimum absolute atomic E-state index is 0.0608. The molecule has 0 radical (unpaired) electrons. The highest BCUT2D eigenvalue weighted by Gasteiger charge is 2.16. The molecule has 2 rings (SSSR count). The smallest absolute Gasteiger partial charge is 0.251 e. The number of halogens is 2. The third-order valence-electron chi connectivity index (χ3n) is 3.23. The molecule has 0 saturated heterocycles. The largest absolute Gasteiger partial charge is 0.397 e. The van der Waals surface area contributed by atoms with Crippen molar-refractivity contribution in [3.05, 3.63) is 63.6 Å². The lowest BCUT2D eigenvalue weighted by molar-refractivity contribution is 0.0935. The van der Waals surface area contributed by atoms with Gasteiger partial charge in [0, 0.05) is 5.56 Å². The molecule has 2 aromatic rings. The van der Waals surface area contributed by atoms with Gasteiger partial charge < -0.3 is 11.1 Å². The van der Waals surface area contributed by atoms with E-state index in [1.54, 1.807) is 0 Å². The monoisotopic (exact) mass is 322 g/mol. The van der Waals surface area contributed by atoms with E-state index in [1.807, 2.05) is 37.3 Å². The fourth-order valence-electron chi connectivity index (χ4n) is 2.09. The molecule has 3 N–H and O–H groups in total. The first-order valence-corrected chi connectivity index (χ1v) is 7.38. The summed E-state index contributed by atoms with van der Waals surface area (Å²) in [6.07, 6.45) is 0.784. The summed E-state index contributed by atoms with van der Waals surface area (Å²) in [4.78, 5) is 12.3. The van der Waals surface area contributed by atoms with E-state index in [-0.39, 0.29) is 22.0 Å². The van der Waals surface area contributed by atoms with Crippen LogP contribution in [0.25, 0.3) is 0 Å². The van der Waals surface area contributed by atoms with Gasteiger partial charge in [-0.05, 0) is 24.1 Å². The number of anilines is 1. The van der Waals surface area contributed by atoms with E-state index in [1.165, 1.54) is 12.1 Å². The van der Waals surface area contributed by atoms with Crippen LogP contribution in [-0.4, -0.2) is 5.91 Å². The highest BCUT2D eigenvalue weighted by molar-refractivity contribution is 6.43. The van der Waals surface area contributed by atoms with Crippen LogP contribution in [0.4, 0.5) is 5.69 Å². The molecule has 0 saturated carbocycles. The van der Waals surface area contributed by atoms with Crippen LogP contribution < -0.4 is 11.1 Å². The summed E-state index contributed by atoms with van der Waals surface area (Å²) < 4.78 is 0. The Labute approximate surface area is 134 Å². The van der Waals surface area contributed by atoms with Gasteiger partial charge in [-0.2, -0.15) is 0 Å². The maximum Gasteiger partial charge on any atom is 0.251 e. The van der Waals surface area contributed by atoms with E-state index in [9.17, 15) is 4.79 Å². The standard InChI is InChI=1S/C16H16Cl2N2O/c1-2-14(10-6-4-3-5-7-10)20-16(21)11-8-12(17)15(18)13(19)9-11/h3-9,14H,2,19H2,1H3,(H,20,21). The Hall–Kier alpha value is -1.71. The molecule has 5 heteroatoms. The highest BCUT2D eigenvalue weighted by Crippen LogP contribution is 2.29. The second-order valence-electron chi connectivity index (χ2n) is 4.71. The molecule has 1 atom stereocenters. The molecule has 0 aliphatic rings. The normalized spacial score (nSPS) is 12.0. The number of carbonyl (C=O) groups is 1. The SMILES string of the molecule is CCC(NC(=O)c1cc(N)c(Cl)c(Cl)c1)c1ccccc1. The Balaban J connectivity index is 2.21. The van der Waals surface area contributed by atoms with Crippen molar-refractivity contribution in [1.29, 1.82) is 0 Å². The molecule has 0 aliphatic carbocycles. The molecule has 110 valence electrons. The van der Waals surface area contributed by atoms with Gasteiger partial charge >= 0.3 is 0 Å². The first-order chi connectivity index (χ1) is 10.0.